The Kier molecular flexibility index (Phi) is 2.32. The summed E-state index contributed by atoms with van der Waals surface area (Å²) < 4.78 is 0. The van der Waals surface area contributed by atoms with E-state index in [4.69, 9.17) is 0 Å². The van der Waals surface area contributed by atoms with Gasteiger partial charge in [-0.2, -0.15) is 0 Å². The van der Waals surface area contributed by atoms with Crippen LogP contribution in [0.25, 0.3) is 0 Å². The average Bonchev–Trinajstić information content (AvgIpc) is 2.58. The van der Waals surface area contributed by atoms with Crippen LogP contribution in [0.2, 0.25) is 0 Å². The summed E-state index contributed by atoms with van der Waals surface area (Å²) in [6.07, 6.45) is 1.27. The molecule has 17 heavy (non-hydrogen) atoms. The SMILES string of the molecule is C=C1[C@H]2[C@H](O)[C@H](O)[C@@H]3[C@H]2[C@@H](C(C)C)CC[C@]13C. The lowest BCUT2D eigenvalue weighted by molar-refractivity contribution is -0.0499. The maximum Gasteiger partial charge on any atom is 0.0870 e. The molecule has 7 atom stereocenters. The van der Waals surface area contributed by atoms with E-state index in [0.717, 1.165) is 6.42 Å². The van der Waals surface area contributed by atoms with Crippen molar-refractivity contribution >= 4 is 0 Å². The van der Waals surface area contributed by atoms with Gasteiger partial charge in [0, 0.05) is 11.8 Å². The van der Waals surface area contributed by atoms with Crippen LogP contribution >= 0.6 is 0 Å². The molecule has 2 N–H and O–H groups in total. The molecule has 0 amide bonds. The molecule has 4 bridgehead atoms. The first-order valence-corrected chi connectivity index (χ1v) is 6.95. The minimum Gasteiger partial charge on any atom is -0.390 e. The molecule has 3 fully saturated rings. The van der Waals surface area contributed by atoms with Crippen LogP contribution in [0, 0.1) is 35.0 Å². The lowest BCUT2D eigenvalue weighted by atomic mass is 9.61. The minimum atomic E-state index is -0.565. The highest BCUT2D eigenvalue weighted by Crippen LogP contribution is 2.69. The summed E-state index contributed by atoms with van der Waals surface area (Å²) in [4.78, 5) is 0. The van der Waals surface area contributed by atoms with Crippen molar-refractivity contribution in [2.24, 2.45) is 35.0 Å². The first-order chi connectivity index (χ1) is 7.89. The van der Waals surface area contributed by atoms with Gasteiger partial charge in [0.1, 0.15) is 0 Å². The molecule has 3 aliphatic carbocycles. The number of aliphatic hydroxyl groups excluding tert-OH is 2. The normalized spacial score (nSPS) is 56.9. The lowest BCUT2D eigenvalue weighted by Crippen LogP contribution is -2.45. The summed E-state index contributed by atoms with van der Waals surface area (Å²) in [5.74, 6) is 2.14. The molecule has 0 spiro atoms. The number of hydrogen-bond acceptors (Lipinski definition) is 2. The van der Waals surface area contributed by atoms with Gasteiger partial charge in [0.05, 0.1) is 12.2 Å². The highest BCUT2D eigenvalue weighted by Gasteiger charge is 2.68. The molecular weight excluding hydrogens is 212 g/mol. The Morgan fingerprint density at radius 2 is 1.94 bits per heavy atom. The Balaban J connectivity index is 2.06. The van der Waals surface area contributed by atoms with Crippen molar-refractivity contribution in [3.8, 4) is 0 Å². The molecule has 2 nitrogen and oxygen atoms in total. The molecule has 0 heterocycles. The van der Waals surface area contributed by atoms with E-state index in [1.54, 1.807) is 0 Å². The van der Waals surface area contributed by atoms with Crippen LogP contribution in [-0.4, -0.2) is 22.4 Å². The van der Waals surface area contributed by atoms with Gasteiger partial charge in [-0.25, -0.2) is 0 Å². The molecule has 3 aliphatic rings. The van der Waals surface area contributed by atoms with Crippen molar-refractivity contribution in [3.63, 3.8) is 0 Å². The Labute approximate surface area is 104 Å². The van der Waals surface area contributed by atoms with Crippen molar-refractivity contribution < 1.29 is 10.2 Å². The molecule has 0 aromatic carbocycles. The van der Waals surface area contributed by atoms with Crippen molar-refractivity contribution in [2.45, 2.75) is 45.8 Å². The topological polar surface area (TPSA) is 40.5 Å². The summed E-state index contributed by atoms with van der Waals surface area (Å²) in [5.41, 5.74) is 1.30. The first-order valence-electron chi connectivity index (χ1n) is 6.95. The Morgan fingerprint density at radius 1 is 1.29 bits per heavy atom. The predicted octanol–water partition coefficient (Wildman–Crippen LogP) is 2.21. The van der Waals surface area contributed by atoms with E-state index in [1.165, 1.54) is 12.0 Å². The third-order valence-corrected chi connectivity index (χ3v) is 6.13. The smallest absolute Gasteiger partial charge is 0.0870 e. The summed E-state index contributed by atoms with van der Waals surface area (Å²) in [6, 6.07) is 0. The first kappa shape index (κ1) is 11.7. The Hall–Kier alpha value is -0.340. The zero-order chi connectivity index (χ0) is 12.5. The Morgan fingerprint density at radius 3 is 2.53 bits per heavy atom. The van der Waals surface area contributed by atoms with Crippen molar-refractivity contribution in [1.29, 1.82) is 0 Å². The van der Waals surface area contributed by atoms with Crippen LogP contribution in [0.3, 0.4) is 0 Å². The van der Waals surface area contributed by atoms with Gasteiger partial charge in [0.2, 0.25) is 0 Å². The second-order valence-corrected chi connectivity index (χ2v) is 7.00. The van der Waals surface area contributed by atoms with Gasteiger partial charge in [0.25, 0.3) is 0 Å². The fraction of sp³-hybridized carbons (Fsp3) is 0.867. The number of hydrogen-bond donors (Lipinski definition) is 2. The third-order valence-electron chi connectivity index (χ3n) is 6.13. The van der Waals surface area contributed by atoms with Gasteiger partial charge in [-0.05, 0) is 36.0 Å². The third kappa shape index (κ3) is 1.18. The molecule has 0 aromatic heterocycles. The summed E-state index contributed by atoms with van der Waals surface area (Å²) in [7, 11) is 0. The van der Waals surface area contributed by atoms with E-state index < -0.39 is 12.2 Å². The fourth-order valence-electron chi connectivity index (χ4n) is 5.24. The molecule has 3 saturated carbocycles. The van der Waals surface area contributed by atoms with Crippen LogP contribution < -0.4 is 0 Å². The second kappa shape index (κ2) is 3.36. The molecule has 2 heteroatoms. The number of rotatable bonds is 1. The maximum atomic E-state index is 10.3. The van der Waals surface area contributed by atoms with Crippen molar-refractivity contribution in [2.75, 3.05) is 0 Å². The zero-order valence-corrected chi connectivity index (χ0v) is 11.1. The van der Waals surface area contributed by atoms with Gasteiger partial charge >= 0.3 is 0 Å². The number of aliphatic hydroxyl groups is 2. The maximum absolute atomic E-state index is 10.3. The summed E-state index contributed by atoms with van der Waals surface area (Å²) in [5, 5.41) is 20.5. The van der Waals surface area contributed by atoms with Crippen LogP contribution in [0.15, 0.2) is 12.2 Å². The average molecular weight is 236 g/mol. The van der Waals surface area contributed by atoms with Gasteiger partial charge in [-0.3, -0.25) is 0 Å². The van der Waals surface area contributed by atoms with E-state index in [0.29, 0.717) is 17.8 Å². The van der Waals surface area contributed by atoms with Crippen LogP contribution in [0.5, 0.6) is 0 Å². The van der Waals surface area contributed by atoms with E-state index in [-0.39, 0.29) is 17.3 Å². The molecule has 0 unspecified atom stereocenters. The highest BCUT2D eigenvalue weighted by molar-refractivity contribution is 5.33. The van der Waals surface area contributed by atoms with Crippen molar-refractivity contribution in [3.05, 3.63) is 12.2 Å². The quantitative estimate of drug-likeness (QED) is 0.685. The standard InChI is InChI=1S/C15H24O2/c1-7(2)9-5-6-15(4)8(3)10-11(9)12(15)14(17)13(10)16/h7,9-14,16-17H,3,5-6H2,1-2,4H3/t9-,10-,11+,12+,13+,14-,15-/m1/s1. The zero-order valence-electron chi connectivity index (χ0n) is 11.1. The second-order valence-electron chi connectivity index (χ2n) is 7.00. The van der Waals surface area contributed by atoms with E-state index in [2.05, 4.69) is 27.4 Å². The van der Waals surface area contributed by atoms with Crippen LogP contribution in [0.4, 0.5) is 0 Å². The molecule has 0 radical (unpaired) electrons. The largest absolute Gasteiger partial charge is 0.390 e. The Bertz CT molecular complexity index is 362. The van der Waals surface area contributed by atoms with E-state index in [1.807, 2.05) is 0 Å². The molecular formula is C15H24O2. The molecule has 96 valence electrons. The highest BCUT2D eigenvalue weighted by atomic mass is 16.3. The summed E-state index contributed by atoms with van der Waals surface area (Å²) in [6.45, 7) is 11.0. The van der Waals surface area contributed by atoms with Crippen LogP contribution in [-0.2, 0) is 0 Å². The predicted molar refractivity (Wildman–Crippen MR) is 67.3 cm³/mol. The van der Waals surface area contributed by atoms with Crippen LogP contribution in [0.1, 0.15) is 33.6 Å². The van der Waals surface area contributed by atoms with E-state index >= 15 is 0 Å². The van der Waals surface area contributed by atoms with Gasteiger partial charge in [-0.15, -0.1) is 0 Å². The van der Waals surface area contributed by atoms with Gasteiger partial charge in [-0.1, -0.05) is 32.9 Å². The van der Waals surface area contributed by atoms with Gasteiger partial charge in [0.15, 0.2) is 0 Å². The fourth-order valence-corrected chi connectivity index (χ4v) is 5.24. The monoisotopic (exact) mass is 236 g/mol. The van der Waals surface area contributed by atoms with E-state index in [9.17, 15) is 10.2 Å². The molecule has 3 rings (SSSR count). The minimum absolute atomic E-state index is 0.0827. The summed E-state index contributed by atoms with van der Waals surface area (Å²) >= 11 is 0. The molecule has 0 aromatic rings. The molecule has 0 saturated heterocycles. The lowest BCUT2D eigenvalue weighted by Gasteiger charge is -2.45. The van der Waals surface area contributed by atoms with Gasteiger partial charge < -0.3 is 10.2 Å². The molecule has 0 aliphatic heterocycles. The van der Waals surface area contributed by atoms with Crippen molar-refractivity contribution in [1.82, 2.24) is 0 Å².